The second kappa shape index (κ2) is 9.54. The van der Waals surface area contributed by atoms with E-state index in [1.807, 2.05) is 0 Å². The molecule has 1 unspecified atom stereocenters. The topological polar surface area (TPSA) is 15.3 Å². The van der Waals surface area contributed by atoms with Gasteiger partial charge in [-0.2, -0.15) is 0 Å². The molecule has 2 nitrogen and oxygen atoms in total. The molecule has 1 rings (SSSR count). The van der Waals surface area contributed by atoms with Crippen molar-refractivity contribution in [2.75, 3.05) is 19.6 Å². The first-order valence-electron chi connectivity index (χ1n) is 7.77. The number of aryl methyl sites for hydroxylation is 1. The number of nitrogens with one attached hydrogen (secondary N) is 1. The average molecular weight is 341 g/mol. The largest absolute Gasteiger partial charge is 0.310 e. The van der Waals surface area contributed by atoms with Crippen LogP contribution in [0.1, 0.15) is 44.7 Å². The molecule has 3 heteroatoms. The van der Waals surface area contributed by atoms with E-state index in [4.69, 9.17) is 0 Å². The molecule has 114 valence electrons. The van der Waals surface area contributed by atoms with Gasteiger partial charge in [0, 0.05) is 17.1 Å². The first-order valence-corrected chi connectivity index (χ1v) is 8.56. The fourth-order valence-electron chi connectivity index (χ4n) is 2.30. The average Bonchev–Trinajstić information content (AvgIpc) is 2.45. The maximum atomic E-state index is 3.62. The van der Waals surface area contributed by atoms with Crippen LogP contribution in [0.15, 0.2) is 22.7 Å². The lowest BCUT2D eigenvalue weighted by atomic mass is 10.1. The van der Waals surface area contributed by atoms with Crippen molar-refractivity contribution >= 4 is 15.9 Å². The minimum Gasteiger partial charge on any atom is -0.310 e. The van der Waals surface area contributed by atoms with E-state index in [1.54, 1.807) is 0 Å². The van der Waals surface area contributed by atoms with Crippen LogP contribution in [0.3, 0.4) is 0 Å². The molecule has 1 aromatic carbocycles. The molecule has 0 aliphatic rings. The molecule has 1 aromatic rings. The Hall–Kier alpha value is -0.380. The highest BCUT2D eigenvalue weighted by molar-refractivity contribution is 9.10. The summed E-state index contributed by atoms with van der Waals surface area (Å²) in [4.78, 5) is 2.49. The summed E-state index contributed by atoms with van der Waals surface area (Å²) in [6.45, 7) is 13.4. The van der Waals surface area contributed by atoms with Crippen LogP contribution in [-0.4, -0.2) is 30.6 Å². The van der Waals surface area contributed by atoms with E-state index in [9.17, 15) is 0 Å². The van der Waals surface area contributed by atoms with Gasteiger partial charge in [-0.3, -0.25) is 0 Å². The highest BCUT2D eigenvalue weighted by Crippen LogP contribution is 2.17. The number of rotatable bonds is 9. The van der Waals surface area contributed by atoms with E-state index < -0.39 is 0 Å². The van der Waals surface area contributed by atoms with Crippen LogP contribution in [-0.2, 0) is 6.54 Å². The van der Waals surface area contributed by atoms with Crippen LogP contribution in [0.2, 0.25) is 0 Å². The van der Waals surface area contributed by atoms with Gasteiger partial charge in [-0.1, -0.05) is 41.9 Å². The highest BCUT2D eigenvalue weighted by atomic mass is 79.9. The summed E-state index contributed by atoms with van der Waals surface area (Å²) in [5.74, 6) is 0. The fourth-order valence-corrected chi connectivity index (χ4v) is 2.73. The maximum Gasteiger partial charge on any atom is 0.0208 e. The van der Waals surface area contributed by atoms with Crippen molar-refractivity contribution in [2.24, 2.45) is 0 Å². The molecule has 0 spiro atoms. The molecule has 0 heterocycles. The third kappa shape index (κ3) is 6.38. The summed E-state index contributed by atoms with van der Waals surface area (Å²) < 4.78 is 1.20. The standard InChI is InChI=1S/C17H29BrN2/c1-5-20(6-2)11-7-8-15(4)19-13-16-10-9-14(3)17(18)12-16/h9-10,12,15,19H,5-8,11,13H2,1-4H3. The smallest absolute Gasteiger partial charge is 0.0208 e. The zero-order valence-corrected chi connectivity index (χ0v) is 15.0. The lowest BCUT2D eigenvalue weighted by Crippen LogP contribution is -2.28. The van der Waals surface area contributed by atoms with Gasteiger partial charge < -0.3 is 10.2 Å². The van der Waals surface area contributed by atoms with Crippen molar-refractivity contribution in [3.63, 3.8) is 0 Å². The molecule has 0 radical (unpaired) electrons. The first kappa shape index (κ1) is 17.7. The van der Waals surface area contributed by atoms with E-state index in [1.165, 1.54) is 35.0 Å². The monoisotopic (exact) mass is 340 g/mol. The van der Waals surface area contributed by atoms with Gasteiger partial charge in [0.05, 0.1) is 0 Å². The van der Waals surface area contributed by atoms with E-state index in [2.05, 4.69) is 72.0 Å². The van der Waals surface area contributed by atoms with Crippen LogP contribution in [0.4, 0.5) is 0 Å². The number of hydrogen-bond acceptors (Lipinski definition) is 2. The molecular formula is C17H29BrN2. The van der Waals surface area contributed by atoms with Gasteiger partial charge >= 0.3 is 0 Å². The molecule has 0 fully saturated rings. The van der Waals surface area contributed by atoms with Gasteiger partial charge in [0.25, 0.3) is 0 Å². The summed E-state index contributed by atoms with van der Waals surface area (Å²) in [6, 6.07) is 7.16. The Morgan fingerprint density at radius 2 is 1.95 bits per heavy atom. The molecule has 1 atom stereocenters. The Kier molecular flexibility index (Phi) is 8.43. The lowest BCUT2D eigenvalue weighted by molar-refractivity contribution is 0.290. The lowest BCUT2D eigenvalue weighted by Gasteiger charge is -2.20. The molecule has 0 aromatic heterocycles. The van der Waals surface area contributed by atoms with Crippen molar-refractivity contribution in [3.8, 4) is 0 Å². The minimum atomic E-state index is 0.575. The number of nitrogens with zero attached hydrogens (tertiary/aromatic N) is 1. The van der Waals surface area contributed by atoms with Crippen molar-refractivity contribution < 1.29 is 0 Å². The van der Waals surface area contributed by atoms with Crippen molar-refractivity contribution in [1.82, 2.24) is 10.2 Å². The van der Waals surface area contributed by atoms with Gasteiger partial charge in [-0.25, -0.2) is 0 Å². The van der Waals surface area contributed by atoms with Crippen LogP contribution in [0.5, 0.6) is 0 Å². The van der Waals surface area contributed by atoms with Crippen LogP contribution in [0, 0.1) is 6.92 Å². The summed E-state index contributed by atoms with van der Waals surface area (Å²) in [7, 11) is 0. The molecule has 0 amide bonds. The molecule has 0 aliphatic heterocycles. The SMILES string of the molecule is CCN(CC)CCCC(C)NCc1ccc(C)c(Br)c1. The van der Waals surface area contributed by atoms with E-state index >= 15 is 0 Å². The van der Waals surface area contributed by atoms with Crippen LogP contribution in [0.25, 0.3) is 0 Å². The maximum absolute atomic E-state index is 3.62. The van der Waals surface area contributed by atoms with Gasteiger partial charge in [0.2, 0.25) is 0 Å². The number of hydrogen-bond donors (Lipinski definition) is 1. The normalized spacial score (nSPS) is 12.9. The van der Waals surface area contributed by atoms with Gasteiger partial charge in [0.15, 0.2) is 0 Å². The molecule has 0 bridgehead atoms. The molecule has 0 saturated carbocycles. The Morgan fingerprint density at radius 1 is 1.25 bits per heavy atom. The predicted molar refractivity (Wildman–Crippen MR) is 92.2 cm³/mol. The zero-order valence-electron chi connectivity index (χ0n) is 13.4. The quantitative estimate of drug-likeness (QED) is 0.718. The van der Waals surface area contributed by atoms with Crippen molar-refractivity contribution in [3.05, 3.63) is 33.8 Å². The molecule has 0 aliphatic carbocycles. The Balaban J connectivity index is 2.25. The van der Waals surface area contributed by atoms with Crippen LogP contribution >= 0.6 is 15.9 Å². The highest BCUT2D eigenvalue weighted by Gasteiger charge is 2.04. The second-order valence-electron chi connectivity index (χ2n) is 5.53. The fraction of sp³-hybridized carbons (Fsp3) is 0.647. The molecular weight excluding hydrogens is 312 g/mol. The van der Waals surface area contributed by atoms with E-state index in [0.29, 0.717) is 6.04 Å². The summed E-state index contributed by atoms with van der Waals surface area (Å²) in [6.07, 6.45) is 2.51. The number of halogens is 1. The predicted octanol–water partition coefficient (Wildman–Crippen LogP) is 4.36. The van der Waals surface area contributed by atoms with Crippen molar-refractivity contribution in [1.29, 1.82) is 0 Å². The third-order valence-electron chi connectivity index (χ3n) is 3.90. The Morgan fingerprint density at radius 3 is 2.55 bits per heavy atom. The third-order valence-corrected chi connectivity index (χ3v) is 4.75. The summed E-state index contributed by atoms with van der Waals surface area (Å²) in [5.41, 5.74) is 2.64. The Labute approximate surface area is 133 Å². The molecule has 1 N–H and O–H groups in total. The second-order valence-corrected chi connectivity index (χ2v) is 6.39. The van der Waals surface area contributed by atoms with E-state index in [0.717, 1.165) is 19.6 Å². The first-order chi connectivity index (χ1) is 9.56. The number of benzene rings is 1. The van der Waals surface area contributed by atoms with E-state index in [-0.39, 0.29) is 0 Å². The van der Waals surface area contributed by atoms with Gasteiger partial charge in [-0.05, 0) is 63.5 Å². The minimum absolute atomic E-state index is 0.575. The molecule has 20 heavy (non-hydrogen) atoms. The Bertz CT molecular complexity index is 389. The summed E-state index contributed by atoms with van der Waals surface area (Å²) in [5, 5.41) is 3.62. The van der Waals surface area contributed by atoms with Crippen LogP contribution < -0.4 is 5.32 Å². The van der Waals surface area contributed by atoms with Crippen molar-refractivity contribution in [2.45, 2.75) is 53.1 Å². The molecule has 0 saturated heterocycles. The zero-order chi connectivity index (χ0) is 15.0. The summed E-state index contributed by atoms with van der Waals surface area (Å²) >= 11 is 3.59. The van der Waals surface area contributed by atoms with Gasteiger partial charge in [0.1, 0.15) is 0 Å². The van der Waals surface area contributed by atoms with Gasteiger partial charge in [-0.15, -0.1) is 0 Å².